The number of amidine groups is 1. The molecule has 0 aliphatic carbocycles. The van der Waals surface area contributed by atoms with Crippen LogP contribution in [0.2, 0.25) is 0 Å². The van der Waals surface area contributed by atoms with Crippen LogP contribution in [0.4, 0.5) is 13.2 Å². The fourth-order valence-corrected chi connectivity index (χ4v) is 1.43. The van der Waals surface area contributed by atoms with Crippen LogP contribution >= 0.6 is 0 Å². The average Bonchev–Trinajstić information content (AvgIpc) is 2.33. The summed E-state index contributed by atoms with van der Waals surface area (Å²) >= 11 is 0. The van der Waals surface area contributed by atoms with Crippen LogP contribution in [-0.4, -0.2) is 25.7 Å². The van der Waals surface area contributed by atoms with E-state index in [4.69, 9.17) is 20.6 Å². The molecule has 1 rings (SSSR count). The molecule has 0 atom stereocenters. The lowest BCUT2D eigenvalue weighted by molar-refractivity contribution is -0.146. The third-order valence-electron chi connectivity index (χ3n) is 2.35. The maximum absolute atomic E-state index is 11.9. The van der Waals surface area contributed by atoms with Gasteiger partial charge in [0.25, 0.3) is 0 Å². The fraction of sp³-hybridized carbons (Fsp3) is 0.417. The van der Waals surface area contributed by atoms with E-state index in [9.17, 15) is 13.2 Å². The van der Waals surface area contributed by atoms with Crippen LogP contribution in [0.1, 0.15) is 17.5 Å². The molecule has 1 aromatic carbocycles. The van der Waals surface area contributed by atoms with Crippen LogP contribution in [0, 0.1) is 5.41 Å². The van der Waals surface area contributed by atoms with Gasteiger partial charge in [-0.1, -0.05) is 6.07 Å². The van der Waals surface area contributed by atoms with Gasteiger partial charge in [-0.3, -0.25) is 5.41 Å². The van der Waals surface area contributed by atoms with Gasteiger partial charge in [0.2, 0.25) is 0 Å². The van der Waals surface area contributed by atoms with Crippen molar-refractivity contribution in [1.29, 1.82) is 5.41 Å². The number of hydrogen-bond acceptors (Lipinski definition) is 3. The van der Waals surface area contributed by atoms with Crippen molar-refractivity contribution in [3.8, 4) is 5.75 Å². The molecule has 0 radical (unpaired) electrons. The molecule has 0 heterocycles. The third kappa shape index (κ3) is 5.17. The summed E-state index contributed by atoms with van der Waals surface area (Å²) in [6.45, 7) is -0.370. The summed E-state index contributed by atoms with van der Waals surface area (Å²) in [5.41, 5.74) is 6.41. The largest absolute Gasteiger partial charge is 0.496 e. The van der Waals surface area contributed by atoms with Crippen LogP contribution in [0.5, 0.6) is 5.75 Å². The molecule has 0 fully saturated rings. The Morgan fingerprint density at radius 1 is 1.37 bits per heavy atom. The van der Waals surface area contributed by atoms with Crippen LogP contribution in [0.3, 0.4) is 0 Å². The van der Waals surface area contributed by atoms with Crippen molar-refractivity contribution >= 4 is 5.84 Å². The second-order valence-electron chi connectivity index (χ2n) is 3.87. The number of ether oxygens (including phenoxy) is 2. The first-order valence-electron chi connectivity index (χ1n) is 5.49. The monoisotopic (exact) mass is 276 g/mol. The SMILES string of the molecule is COc1ccc(COCCC(F)(F)F)cc1C(=N)N. The number of rotatable bonds is 6. The lowest BCUT2D eigenvalue weighted by Gasteiger charge is -2.10. The maximum Gasteiger partial charge on any atom is 0.391 e. The van der Waals surface area contributed by atoms with E-state index in [2.05, 4.69) is 0 Å². The highest BCUT2D eigenvalue weighted by Crippen LogP contribution is 2.21. The number of nitrogen functional groups attached to an aromatic ring is 1. The predicted octanol–water partition coefficient (Wildman–Crippen LogP) is 2.45. The molecule has 0 aromatic heterocycles. The van der Waals surface area contributed by atoms with Gasteiger partial charge < -0.3 is 15.2 Å². The Bertz CT molecular complexity index is 447. The summed E-state index contributed by atoms with van der Waals surface area (Å²) in [5, 5.41) is 7.38. The average molecular weight is 276 g/mol. The molecule has 3 N–H and O–H groups in total. The molecule has 0 amide bonds. The molecule has 1 aromatic rings. The van der Waals surface area contributed by atoms with Crippen molar-refractivity contribution in [2.24, 2.45) is 5.73 Å². The Labute approximate surface area is 108 Å². The minimum atomic E-state index is -4.22. The van der Waals surface area contributed by atoms with Gasteiger partial charge in [-0.15, -0.1) is 0 Å². The molecular weight excluding hydrogens is 261 g/mol. The molecular formula is C12H15F3N2O2. The Balaban J connectivity index is 2.60. The van der Waals surface area contributed by atoms with E-state index in [1.807, 2.05) is 0 Å². The van der Waals surface area contributed by atoms with Gasteiger partial charge in [-0.25, -0.2) is 0 Å². The summed E-state index contributed by atoms with van der Waals surface area (Å²) in [4.78, 5) is 0. The molecule has 0 spiro atoms. The van der Waals surface area contributed by atoms with Gasteiger partial charge in [-0.05, 0) is 17.7 Å². The highest BCUT2D eigenvalue weighted by molar-refractivity contribution is 5.97. The summed E-state index contributed by atoms with van der Waals surface area (Å²) in [7, 11) is 1.45. The van der Waals surface area contributed by atoms with Gasteiger partial charge in [-0.2, -0.15) is 13.2 Å². The Morgan fingerprint density at radius 3 is 2.58 bits per heavy atom. The van der Waals surface area contributed by atoms with Crippen molar-refractivity contribution in [3.05, 3.63) is 29.3 Å². The topological polar surface area (TPSA) is 68.3 Å². The minimum Gasteiger partial charge on any atom is -0.496 e. The minimum absolute atomic E-state index is 0.0281. The van der Waals surface area contributed by atoms with E-state index in [1.54, 1.807) is 18.2 Å². The molecule has 0 aliphatic rings. The molecule has 0 saturated heterocycles. The van der Waals surface area contributed by atoms with Crippen LogP contribution in [-0.2, 0) is 11.3 Å². The van der Waals surface area contributed by atoms with Gasteiger partial charge in [0, 0.05) is 0 Å². The van der Waals surface area contributed by atoms with Crippen molar-refractivity contribution < 1.29 is 22.6 Å². The lowest BCUT2D eigenvalue weighted by atomic mass is 10.1. The van der Waals surface area contributed by atoms with E-state index in [-0.39, 0.29) is 12.4 Å². The first kappa shape index (κ1) is 15.3. The number of nitrogens with one attached hydrogen (secondary N) is 1. The zero-order chi connectivity index (χ0) is 14.5. The van der Waals surface area contributed by atoms with Crippen molar-refractivity contribution in [1.82, 2.24) is 0 Å². The van der Waals surface area contributed by atoms with E-state index < -0.39 is 19.2 Å². The second kappa shape index (κ2) is 6.42. The predicted molar refractivity (Wildman–Crippen MR) is 64.3 cm³/mol. The van der Waals surface area contributed by atoms with Crippen LogP contribution < -0.4 is 10.5 Å². The molecule has 0 saturated carbocycles. The van der Waals surface area contributed by atoms with Crippen molar-refractivity contribution in [2.45, 2.75) is 19.2 Å². The van der Waals surface area contributed by atoms with Crippen molar-refractivity contribution in [3.63, 3.8) is 0 Å². The van der Waals surface area contributed by atoms with E-state index in [1.165, 1.54) is 7.11 Å². The maximum atomic E-state index is 11.9. The number of halogens is 3. The molecule has 0 unspecified atom stereocenters. The summed E-state index contributed by atoms with van der Waals surface area (Å²) in [6, 6.07) is 4.81. The van der Waals surface area contributed by atoms with Gasteiger partial charge >= 0.3 is 6.18 Å². The Hall–Kier alpha value is -1.76. The number of nitrogens with two attached hydrogens (primary N) is 1. The van der Waals surface area contributed by atoms with Crippen LogP contribution in [0.25, 0.3) is 0 Å². The van der Waals surface area contributed by atoms with E-state index in [0.717, 1.165) is 0 Å². The highest BCUT2D eigenvalue weighted by Gasteiger charge is 2.26. The lowest BCUT2D eigenvalue weighted by Crippen LogP contribution is -2.14. The molecule has 4 nitrogen and oxygen atoms in total. The first-order valence-corrected chi connectivity index (χ1v) is 5.49. The third-order valence-corrected chi connectivity index (χ3v) is 2.35. The van der Waals surface area contributed by atoms with Crippen molar-refractivity contribution in [2.75, 3.05) is 13.7 Å². The smallest absolute Gasteiger partial charge is 0.391 e. The van der Waals surface area contributed by atoms with E-state index >= 15 is 0 Å². The summed E-state index contributed by atoms with van der Waals surface area (Å²) < 4.78 is 45.7. The number of hydrogen-bond donors (Lipinski definition) is 2. The number of benzene rings is 1. The van der Waals surface area contributed by atoms with E-state index in [0.29, 0.717) is 16.9 Å². The molecule has 19 heavy (non-hydrogen) atoms. The number of alkyl halides is 3. The Kier molecular flexibility index (Phi) is 5.17. The molecule has 0 aliphatic heterocycles. The summed E-state index contributed by atoms with van der Waals surface area (Å²) in [6.07, 6.45) is -5.20. The summed E-state index contributed by atoms with van der Waals surface area (Å²) in [5.74, 6) is 0.264. The zero-order valence-corrected chi connectivity index (χ0v) is 10.4. The molecule has 0 bridgehead atoms. The number of methoxy groups -OCH3 is 1. The highest BCUT2D eigenvalue weighted by atomic mass is 19.4. The standard InChI is InChI=1S/C12H15F3N2O2/c1-18-10-3-2-8(6-9(10)11(16)17)7-19-5-4-12(13,14)15/h2-3,6H,4-5,7H2,1H3,(H3,16,17). The first-order chi connectivity index (χ1) is 8.83. The molecule has 7 heteroatoms. The Morgan fingerprint density at radius 2 is 2.05 bits per heavy atom. The van der Waals surface area contributed by atoms with Gasteiger partial charge in [0.05, 0.1) is 32.3 Å². The molecule has 106 valence electrons. The fourth-order valence-electron chi connectivity index (χ4n) is 1.43. The second-order valence-corrected chi connectivity index (χ2v) is 3.87. The normalized spacial score (nSPS) is 11.4. The quantitative estimate of drug-likeness (QED) is 0.476. The van der Waals surface area contributed by atoms with Gasteiger partial charge in [0.1, 0.15) is 11.6 Å². The van der Waals surface area contributed by atoms with Crippen LogP contribution in [0.15, 0.2) is 18.2 Å². The van der Waals surface area contributed by atoms with Gasteiger partial charge in [0.15, 0.2) is 0 Å². The zero-order valence-electron chi connectivity index (χ0n) is 10.4.